The molecule has 0 bridgehead atoms. The number of aliphatic hydroxyl groups is 1. The molecule has 2 N–H and O–H groups in total. The third kappa shape index (κ3) is 12.7. The Bertz CT molecular complexity index is 1900. The van der Waals surface area contributed by atoms with Crippen LogP contribution >= 0.6 is 0 Å². The number of halogens is 5. The van der Waals surface area contributed by atoms with E-state index in [-0.39, 0.29) is 31.3 Å². The molecule has 6 nitrogen and oxygen atoms in total. The molecule has 0 aliphatic carbocycles. The lowest BCUT2D eigenvalue weighted by Gasteiger charge is -2.43. The molecule has 0 unspecified atom stereocenters. The summed E-state index contributed by atoms with van der Waals surface area (Å²) < 4.78 is 83.0. The van der Waals surface area contributed by atoms with Gasteiger partial charge in [-0.2, -0.15) is 0 Å². The summed E-state index contributed by atoms with van der Waals surface area (Å²) in [6.07, 6.45) is 13.9. The van der Waals surface area contributed by atoms with E-state index >= 15 is 0 Å². The maximum absolute atomic E-state index is 14.2. The van der Waals surface area contributed by atoms with Gasteiger partial charge in [0.2, 0.25) is 5.82 Å². The van der Waals surface area contributed by atoms with Crippen LogP contribution in [0.5, 0.6) is 0 Å². The Hall–Kier alpha value is -4.16. The summed E-state index contributed by atoms with van der Waals surface area (Å²) in [6.45, 7) is 9.28. The van der Waals surface area contributed by atoms with Crippen molar-refractivity contribution >= 4 is 5.91 Å². The Kier molecular flexibility index (Phi) is 18.6. The Morgan fingerprint density at radius 2 is 1.20 bits per heavy atom. The van der Waals surface area contributed by atoms with Crippen LogP contribution < -0.4 is 5.32 Å². The van der Waals surface area contributed by atoms with E-state index in [1.54, 1.807) is 18.2 Å². The third-order valence-corrected chi connectivity index (χ3v) is 11.6. The average Bonchev–Trinajstić information content (AvgIpc) is 3.27. The van der Waals surface area contributed by atoms with Crippen LogP contribution in [0.3, 0.4) is 0 Å². The van der Waals surface area contributed by atoms with Crippen molar-refractivity contribution in [3.8, 4) is 11.1 Å². The molecular formula is C49H61F5N2O4. The topological polar surface area (TPSA) is 71.0 Å². The lowest BCUT2D eigenvalue weighted by Crippen LogP contribution is -2.45. The van der Waals surface area contributed by atoms with Crippen molar-refractivity contribution in [2.24, 2.45) is 5.92 Å². The van der Waals surface area contributed by atoms with Crippen LogP contribution in [0.4, 0.5) is 22.0 Å². The molecule has 11 heteroatoms. The average molecular weight is 837 g/mol. The van der Waals surface area contributed by atoms with Gasteiger partial charge in [0.15, 0.2) is 29.6 Å². The number of nitrogens with one attached hydrogen (secondary N) is 1. The van der Waals surface area contributed by atoms with Crippen molar-refractivity contribution in [2.75, 3.05) is 19.6 Å². The first-order valence-electron chi connectivity index (χ1n) is 21.8. The molecule has 1 aliphatic rings. The zero-order valence-corrected chi connectivity index (χ0v) is 35.3. The van der Waals surface area contributed by atoms with Gasteiger partial charge in [-0.15, -0.1) is 0 Å². The number of aliphatic hydroxyl groups excluding tert-OH is 1. The van der Waals surface area contributed by atoms with Crippen molar-refractivity contribution in [1.82, 2.24) is 10.2 Å². The van der Waals surface area contributed by atoms with Crippen molar-refractivity contribution < 1.29 is 41.3 Å². The second-order valence-electron chi connectivity index (χ2n) is 16.1. The quantitative estimate of drug-likeness (QED) is 0.0337. The van der Waals surface area contributed by atoms with E-state index in [0.29, 0.717) is 5.56 Å². The van der Waals surface area contributed by atoms with E-state index in [4.69, 9.17) is 9.47 Å². The summed E-state index contributed by atoms with van der Waals surface area (Å²) in [5.41, 5.74) is 3.34. The highest BCUT2D eigenvalue weighted by atomic mass is 19.2. The molecule has 0 spiro atoms. The summed E-state index contributed by atoms with van der Waals surface area (Å²) in [6, 6.07) is 22.8. The predicted octanol–water partition coefficient (Wildman–Crippen LogP) is 12.3. The fourth-order valence-electron chi connectivity index (χ4n) is 7.88. The van der Waals surface area contributed by atoms with Crippen LogP contribution in [0.1, 0.15) is 143 Å². The second-order valence-corrected chi connectivity index (χ2v) is 16.1. The number of carbonyl (C=O) groups excluding carboxylic acids is 1. The molecule has 1 heterocycles. The van der Waals surface area contributed by atoms with Gasteiger partial charge in [-0.1, -0.05) is 152 Å². The Balaban J connectivity index is 1.31. The minimum atomic E-state index is -2.33. The number of ether oxygens (including phenoxy) is 2. The van der Waals surface area contributed by atoms with E-state index in [9.17, 15) is 31.9 Å². The zero-order chi connectivity index (χ0) is 43.0. The van der Waals surface area contributed by atoms with E-state index < -0.39 is 46.8 Å². The van der Waals surface area contributed by atoms with Crippen molar-refractivity contribution in [2.45, 2.75) is 129 Å². The van der Waals surface area contributed by atoms with Gasteiger partial charge in [0.1, 0.15) is 5.56 Å². The van der Waals surface area contributed by atoms with Crippen LogP contribution in [0.15, 0.2) is 72.8 Å². The molecule has 4 aromatic carbocycles. The van der Waals surface area contributed by atoms with Gasteiger partial charge in [-0.05, 0) is 59.8 Å². The fourth-order valence-corrected chi connectivity index (χ4v) is 7.88. The van der Waals surface area contributed by atoms with Gasteiger partial charge in [-0.3, -0.25) is 4.79 Å². The van der Waals surface area contributed by atoms with Crippen LogP contribution in [0.25, 0.3) is 11.1 Å². The van der Waals surface area contributed by atoms with Crippen molar-refractivity contribution in [3.05, 3.63) is 130 Å². The molecule has 60 heavy (non-hydrogen) atoms. The molecule has 5 rings (SSSR count). The number of rotatable bonds is 23. The standard InChI is InChI=1S/C49H61F5N2O4/c1-4-6-8-10-12-14-27-56(28-15-13-11-9-7-5-2)31-40-33(3)47(37-21-19-34(32-57)20-22-37)60-49(59-40)38-25-23-36(24-26-38)39-18-16-17-35(29-39)30-55-48(58)41-42(50)44(52)46(54)45(53)43(41)51/h16-26,29,33,40,47,49,57H,4-15,27-28,30-32H2,1-3H3,(H,55,58)/t33-,40+,47+,49+/m0/s1. The highest BCUT2D eigenvalue weighted by Crippen LogP contribution is 2.42. The second kappa shape index (κ2) is 23.7. The Morgan fingerprint density at radius 3 is 1.78 bits per heavy atom. The number of carbonyl (C=O) groups is 1. The molecule has 4 aromatic rings. The van der Waals surface area contributed by atoms with Crippen LogP contribution in [-0.2, 0) is 22.6 Å². The molecule has 1 fully saturated rings. The lowest BCUT2D eigenvalue weighted by molar-refractivity contribution is -0.276. The van der Waals surface area contributed by atoms with Gasteiger partial charge in [0.05, 0.1) is 18.8 Å². The van der Waals surface area contributed by atoms with Gasteiger partial charge < -0.3 is 24.8 Å². The van der Waals surface area contributed by atoms with E-state index in [2.05, 4.69) is 31.0 Å². The SMILES string of the molecule is CCCCCCCCN(CCCCCCCC)C[C@H]1O[C@@H](c2ccc(-c3cccc(CNC(=O)c4c(F)c(F)c(F)c(F)c4F)c3)cc2)O[C@@H](c2ccc(CO)cc2)[C@H]1C. The Morgan fingerprint density at radius 1 is 0.650 bits per heavy atom. The van der Waals surface area contributed by atoms with E-state index in [0.717, 1.165) is 60.3 Å². The maximum Gasteiger partial charge on any atom is 0.257 e. The Labute approximate surface area is 352 Å². The normalized spacial score (nSPS) is 18.0. The van der Waals surface area contributed by atoms with Crippen molar-refractivity contribution in [3.63, 3.8) is 0 Å². The smallest absolute Gasteiger partial charge is 0.257 e. The van der Waals surface area contributed by atoms with Crippen LogP contribution in [0.2, 0.25) is 0 Å². The van der Waals surface area contributed by atoms with Crippen molar-refractivity contribution in [1.29, 1.82) is 0 Å². The first kappa shape index (κ1) is 46.9. The molecule has 326 valence electrons. The number of hydrogen-bond donors (Lipinski definition) is 2. The number of benzene rings is 4. The third-order valence-electron chi connectivity index (χ3n) is 11.6. The maximum atomic E-state index is 14.2. The predicted molar refractivity (Wildman–Crippen MR) is 225 cm³/mol. The number of amides is 1. The van der Waals surface area contributed by atoms with Crippen LogP contribution in [0, 0.1) is 35.0 Å². The van der Waals surface area contributed by atoms with E-state index in [1.165, 1.54) is 64.2 Å². The number of nitrogens with zero attached hydrogens (tertiary/aromatic N) is 1. The molecule has 1 saturated heterocycles. The molecule has 0 radical (unpaired) electrons. The molecule has 4 atom stereocenters. The number of unbranched alkanes of at least 4 members (excludes halogenated alkanes) is 10. The number of hydrogen-bond acceptors (Lipinski definition) is 5. The summed E-state index contributed by atoms with van der Waals surface area (Å²) >= 11 is 0. The lowest BCUT2D eigenvalue weighted by atomic mass is 9.89. The summed E-state index contributed by atoms with van der Waals surface area (Å²) in [7, 11) is 0. The molecule has 1 amide bonds. The minimum absolute atomic E-state index is 0.0378. The first-order valence-corrected chi connectivity index (χ1v) is 21.8. The minimum Gasteiger partial charge on any atom is -0.392 e. The molecule has 0 saturated carbocycles. The monoisotopic (exact) mass is 836 g/mol. The highest BCUT2D eigenvalue weighted by Gasteiger charge is 2.39. The first-order chi connectivity index (χ1) is 29.1. The molecule has 1 aliphatic heterocycles. The van der Waals surface area contributed by atoms with Gasteiger partial charge in [0.25, 0.3) is 5.91 Å². The molecular weight excluding hydrogens is 776 g/mol. The summed E-state index contributed by atoms with van der Waals surface area (Å²) in [5.74, 6) is -12.4. The highest BCUT2D eigenvalue weighted by molar-refractivity contribution is 5.94. The molecule has 0 aromatic heterocycles. The summed E-state index contributed by atoms with van der Waals surface area (Å²) in [5, 5.41) is 12.0. The van der Waals surface area contributed by atoms with Gasteiger partial charge in [-0.25, -0.2) is 22.0 Å². The van der Waals surface area contributed by atoms with E-state index in [1.807, 2.05) is 54.6 Å². The van der Waals surface area contributed by atoms with Gasteiger partial charge in [0, 0.05) is 24.6 Å². The largest absolute Gasteiger partial charge is 0.392 e. The summed E-state index contributed by atoms with van der Waals surface area (Å²) in [4.78, 5) is 15.2. The fraction of sp³-hybridized carbons (Fsp3) is 0.490. The van der Waals surface area contributed by atoms with Crippen LogP contribution in [-0.4, -0.2) is 41.7 Å². The van der Waals surface area contributed by atoms with Gasteiger partial charge >= 0.3 is 0 Å². The zero-order valence-electron chi connectivity index (χ0n) is 35.3.